The van der Waals surface area contributed by atoms with Crippen LogP contribution < -0.4 is 16.4 Å². The number of aromatic nitrogens is 1. The number of aliphatic imine (C=N–C) groups is 1. The largest absolute Gasteiger partial charge is 0.370 e. The normalized spacial score (nSPS) is 11.2. The van der Waals surface area contributed by atoms with Crippen LogP contribution in [-0.2, 0) is 17.8 Å². The van der Waals surface area contributed by atoms with Gasteiger partial charge in [0.15, 0.2) is 11.1 Å². The zero-order valence-corrected chi connectivity index (χ0v) is 16.5. The van der Waals surface area contributed by atoms with E-state index in [9.17, 15) is 4.79 Å². The fraction of sp³-hybridized carbons (Fsp3) is 0.190. The third kappa shape index (κ3) is 5.92. The third-order valence-corrected chi connectivity index (χ3v) is 4.79. The van der Waals surface area contributed by atoms with Crippen molar-refractivity contribution in [1.29, 1.82) is 0 Å². The highest BCUT2D eigenvalue weighted by Crippen LogP contribution is 2.25. The molecule has 0 saturated carbocycles. The molecule has 1 amide bonds. The highest BCUT2D eigenvalue weighted by molar-refractivity contribution is 7.14. The fourth-order valence-corrected chi connectivity index (χ4v) is 3.36. The number of rotatable bonds is 7. The Labute approximate surface area is 168 Å². The van der Waals surface area contributed by atoms with Crippen LogP contribution in [0.5, 0.6) is 0 Å². The number of nitrogens with zero attached hydrogens (tertiary/aromatic N) is 2. The number of guanidine groups is 1. The van der Waals surface area contributed by atoms with Crippen LogP contribution in [0.3, 0.4) is 0 Å². The smallest absolute Gasteiger partial charge is 0.217 e. The Morgan fingerprint density at radius 2 is 1.93 bits per heavy atom. The van der Waals surface area contributed by atoms with Crippen LogP contribution in [0.2, 0.25) is 0 Å². The van der Waals surface area contributed by atoms with Crippen LogP contribution in [0.25, 0.3) is 11.3 Å². The van der Waals surface area contributed by atoms with E-state index in [4.69, 9.17) is 5.73 Å². The van der Waals surface area contributed by atoms with Gasteiger partial charge in [-0.15, -0.1) is 11.3 Å². The van der Waals surface area contributed by atoms with Crippen molar-refractivity contribution in [1.82, 2.24) is 10.3 Å². The molecule has 3 aromatic rings. The van der Waals surface area contributed by atoms with Crippen LogP contribution in [0.15, 0.2) is 65.0 Å². The summed E-state index contributed by atoms with van der Waals surface area (Å²) in [6, 6.07) is 18.1. The summed E-state index contributed by atoms with van der Waals surface area (Å²) >= 11 is 1.47. The zero-order valence-electron chi connectivity index (χ0n) is 15.7. The minimum absolute atomic E-state index is 0.0485. The van der Waals surface area contributed by atoms with Crippen molar-refractivity contribution in [2.45, 2.75) is 19.9 Å². The average molecular weight is 394 g/mol. The van der Waals surface area contributed by atoms with Gasteiger partial charge in [-0.3, -0.25) is 9.79 Å². The van der Waals surface area contributed by atoms with Crippen molar-refractivity contribution >= 4 is 28.3 Å². The van der Waals surface area contributed by atoms with Gasteiger partial charge in [0.1, 0.15) is 0 Å². The molecule has 6 nitrogen and oxygen atoms in total. The molecule has 1 aromatic heterocycles. The minimum Gasteiger partial charge on any atom is -0.370 e. The summed E-state index contributed by atoms with van der Waals surface area (Å²) in [4.78, 5) is 20.0. The minimum atomic E-state index is -0.0485. The highest BCUT2D eigenvalue weighted by Gasteiger charge is 2.06. The van der Waals surface area contributed by atoms with Crippen molar-refractivity contribution in [3.05, 3.63) is 71.1 Å². The molecule has 0 bridgehead atoms. The Kier molecular flexibility index (Phi) is 6.75. The third-order valence-electron chi connectivity index (χ3n) is 4.03. The van der Waals surface area contributed by atoms with E-state index < -0.39 is 0 Å². The Balaban J connectivity index is 1.58. The molecule has 0 unspecified atom stereocenters. The van der Waals surface area contributed by atoms with E-state index in [1.54, 1.807) is 0 Å². The number of amides is 1. The Morgan fingerprint density at radius 3 is 2.71 bits per heavy atom. The number of carbonyl (C=O) groups excluding carboxylic acids is 1. The van der Waals surface area contributed by atoms with Crippen molar-refractivity contribution in [2.75, 3.05) is 11.9 Å². The second-order valence-corrected chi connectivity index (χ2v) is 7.13. The van der Waals surface area contributed by atoms with E-state index in [-0.39, 0.29) is 5.91 Å². The molecule has 4 N–H and O–H groups in total. The number of nitrogens with one attached hydrogen (secondary N) is 2. The van der Waals surface area contributed by atoms with E-state index in [0.717, 1.165) is 23.2 Å². The molecule has 2 aromatic carbocycles. The summed E-state index contributed by atoms with van der Waals surface area (Å²) in [7, 11) is 0. The molecule has 7 heteroatoms. The van der Waals surface area contributed by atoms with Crippen molar-refractivity contribution in [2.24, 2.45) is 10.7 Å². The molecule has 0 atom stereocenters. The highest BCUT2D eigenvalue weighted by atomic mass is 32.1. The SMILES string of the molecule is CC(=O)NCc1cccc(-c2csc(NC(N)=NCCc3ccccc3)n2)c1. The van der Waals surface area contributed by atoms with Crippen LogP contribution >= 0.6 is 11.3 Å². The zero-order chi connectivity index (χ0) is 19.8. The van der Waals surface area contributed by atoms with Gasteiger partial charge in [-0.25, -0.2) is 4.98 Å². The lowest BCUT2D eigenvalue weighted by Crippen LogP contribution is -2.23. The van der Waals surface area contributed by atoms with Crippen LogP contribution in [0.4, 0.5) is 5.13 Å². The molecule has 28 heavy (non-hydrogen) atoms. The lowest BCUT2D eigenvalue weighted by Gasteiger charge is -2.04. The first-order chi connectivity index (χ1) is 13.6. The van der Waals surface area contributed by atoms with E-state index >= 15 is 0 Å². The molecule has 144 valence electrons. The summed E-state index contributed by atoms with van der Waals surface area (Å²) in [6.45, 7) is 2.62. The summed E-state index contributed by atoms with van der Waals surface area (Å²) < 4.78 is 0. The van der Waals surface area contributed by atoms with Crippen LogP contribution in [0.1, 0.15) is 18.1 Å². The van der Waals surface area contributed by atoms with Gasteiger partial charge in [-0.05, 0) is 23.6 Å². The van der Waals surface area contributed by atoms with E-state index in [0.29, 0.717) is 24.2 Å². The lowest BCUT2D eigenvalue weighted by molar-refractivity contribution is -0.119. The topological polar surface area (TPSA) is 92.4 Å². The maximum absolute atomic E-state index is 11.1. The monoisotopic (exact) mass is 393 g/mol. The maximum atomic E-state index is 11.1. The van der Waals surface area contributed by atoms with Gasteiger partial charge in [-0.1, -0.05) is 48.5 Å². The van der Waals surface area contributed by atoms with Gasteiger partial charge >= 0.3 is 0 Å². The van der Waals surface area contributed by atoms with Crippen molar-refractivity contribution in [3.63, 3.8) is 0 Å². The summed E-state index contributed by atoms with van der Waals surface area (Å²) in [5.41, 5.74) is 10.1. The molecule has 0 radical (unpaired) electrons. The van der Waals surface area contributed by atoms with Gasteiger partial charge in [0.25, 0.3) is 0 Å². The standard InChI is InChI=1S/C21H23N5OS/c1-15(27)24-13-17-8-5-9-18(12-17)19-14-28-21(25-19)26-20(22)23-11-10-16-6-3-2-4-7-16/h2-9,12,14H,10-11,13H2,1H3,(H,24,27)(H3,22,23,25,26). The van der Waals surface area contributed by atoms with E-state index in [2.05, 4.69) is 32.7 Å². The van der Waals surface area contributed by atoms with E-state index in [1.807, 2.05) is 47.8 Å². The maximum Gasteiger partial charge on any atom is 0.217 e. The number of benzene rings is 2. The summed E-state index contributed by atoms with van der Waals surface area (Å²) in [5.74, 6) is 0.309. The number of nitrogens with two attached hydrogens (primary N) is 1. The van der Waals surface area contributed by atoms with E-state index in [1.165, 1.54) is 23.8 Å². The first-order valence-corrected chi connectivity index (χ1v) is 9.88. The molecule has 0 fully saturated rings. The molecular formula is C21H23N5OS. The molecule has 3 rings (SSSR count). The Hall–Kier alpha value is -3.19. The average Bonchev–Trinajstić information content (AvgIpc) is 3.16. The Morgan fingerprint density at radius 1 is 1.14 bits per heavy atom. The number of hydrogen-bond acceptors (Lipinski definition) is 4. The second kappa shape index (κ2) is 9.66. The van der Waals surface area contributed by atoms with Gasteiger partial charge < -0.3 is 16.4 Å². The predicted molar refractivity (Wildman–Crippen MR) is 115 cm³/mol. The first kappa shape index (κ1) is 19.6. The molecule has 0 aliphatic rings. The molecule has 0 saturated heterocycles. The van der Waals surface area contributed by atoms with Gasteiger partial charge in [0.05, 0.1) is 5.69 Å². The molecule has 0 aliphatic carbocycles. The van der Waals surface area contributed by atoms with Gasteiger partial charge in [-0.2, -0.15) is 0 Å². The summed E-state index contributed by atoms with van der Waals surface area (Å²) in [6.07, 6.45) is 0.841. The first-order valence-electron chi connectivity index (χ1n) is 9.00. The second-order valence-electron chi connectivity index (χ2n) is 6.28. The quantitative estimate of drug-likeness (QED) is 0.424. The van der Waals surface area contributed by atoms with Crippen LogP contribution in [0, 0.1) is 0 Å². The number of hydrogen-bond donors (Lipinski definition) is 3. The van der Waals surface area contributed by atoms with Gasteiger partial charge in [0, 0.05) is 31.0 Å². The van der Waals surface area contributed by atoms with Crippen LogP contribution in [-0.4, -0.2) is 23.4 Å². The molecule has 0 spiro atoms. The Bertz CT molecular complexity index is 952. The summed E-state index contributed by atoms with van der Waals surface area (Å²) in [5, 5.41) is 8.52. The predicted octanol–water partition coefficient (Wildman–Crippen LogP) is 3.42. The number of carbonyl (C=O) groups is 1. The molecule has 1 heterocycles. The fourth-order valence-electron chi connectivity index (χ4n) is 2.63. The van der Waals surface area contributed by atoms with Crippen molar-refractivity contribution in [3.8, 4) is 11.3 Å². The molecular weight excluding hydrogens is 370 g/mol. The van der Waals surface area contributed by atoms with Crippen molar-refractivity contribution < 1.29 is 4.79 Å². The van der Waals surface area contributed by atoms with Gasteiger partial charge in [0.2, 0.25) is 5.91 Å². The number of anilines is 1. The molecule has 0 aliphatic heterocycles. The lowest BCUT2D eigenvalue weighted by atomic mass is 10.1. The number of thiazole rings is 1.